The largest absolute Gasteiger partial charge is 0.378 e. The highest BCUT2D eigenvalue weighted by Crippen LogP contribution is 2.31. The standard InChI is InChI=1S/C22H35N3O4/c1-3-4-9-25-16(2)19(22(28)24-10-12-29-13-11-24)14-17(21(25)27)15-20(26)23-18-7-5-6-8-18/h17-18H,3-15H2,1-2H3,(H,23,26). The average Bonchev–Trinajstić information content (AvgIpc) is 3.23. The molecule has 0 spiro atoms. The third kappa shape index (κ3) is 5.38. The maximum Gasteiger partial charge on any atom is 0.251 e. The van der Waals surface area contributed by atoms with E-state index in [9.17, 15) is 14.4 Å². The summed E-state index contributed by atoms with van der Waals surface area (Å²) in [6, 6.07) is 0.240. The molecule has 29 heavy (non-hydrogen) atoms. The van der Waals surface area contributed by atoms with Crippen molar-refractivity contribution >= 4 is 17.7 Å². The highest BCUT2D eigenvalue weighted by atomic mass is 16.5. The number of nitrogens with one attached hydrogen (secondary N) is 1. The number of unbranched alkanes of at least 4 members (excludes halogenated alkanes) is 1. The minimum absolute atomic E-state index is 0.0130. The topological polar surface area (TPSA) is 79.0 Å². The Labute approximate surface area is 173 Å². The molecule has 1 N–H and O–H groups in total. The number of hydrogen-bond donors (Lipinski definition) is 1. The van der Waals surface area contributed by atoms with Crippen LogP contribution in [0, 0.1) is 5.92 Å². The predicted octanol–water partition coefficient (Wildman–Crippen LogP) is 2.22. The van der Waals surface area contributed by atoms with Crippen molar-refractivity contribution in [2.75, 3.05) is 32.8 Å². The van der Waals surface area contributed by atoms with Gasteiger partial charge >= 0.3 is 0 Å². The Hall–Kier alpha value is -1.89. The van der Waals surface area contributed by atoms with Crippen molar-refractivity contribution < 1.29 is 19.1 Å². The van der Waals surface area contributed by atoms with E-state index in [0.717, 1.165) is 44.2 Å². The minimum atomic E-state index is -0.461. The summed E-state index contributed by atoms with van der Waals surface area (Å²) in [5.41, 5.74) is 1.44. The Kier molecular flexibility index (Phi) is 7.70. The second-order valence-corrected chi connectivity index (χ2v) is 8.47. The van der Waals surface area contributed by atoms with Crippen LogP contribution in [0.5, 0.6) is 0 Å². The van der Waals surface area contributed by atoms with Crippen molar-refractivity contribution in [2.24, 2.45) is 5.92 Å². The van der Waals surface area contributed by atoms with Crippen LogP contribution in [0.4, 0.5) is 0 Å². The minimum Gasteiger partial charge on any atom is -0.378 e. The van der Waals surface area contributed by atoms with Gasteiger partial charge in [-0.2, -0.15) is 0 Å². The Balaban J connectivity index is 1.74. The van der Waals surface area contributed by atoms with E-state index in [4.69, 9.17) is 4.74 Å². The molecule has 0 aromatic rings. The van der Waals surface area contributed by atoms with E-state index in [1.54, 1.807) is 4.90 Å². The number of nitrogens with zero attached hydrogens (tertiary/aromatic N) is 2. The van der Waals surface area contributed by atoms with Gasteiger partial charge in [-0.1, -0.05) is 26.2 Å². The Morgan fingerprint density at radius 1 is 1.17 bits per heavy atom. The molecule has 7 nitrogen and oxygen atoms in total. The number of carbonyl (C=O) groups excluding carboxylic acids is 3. The van der Waals surface area contributed by atoms with Crippen LogP contribution < -0.4 is 5.32 Å². The van der Waals surface area contributed by atoms with Crippen LogP contribution in [0.2, 0.25) is 0 Å². The Bertz CT molecular complexity index is 648. The fourth-order valence-corrected chi connectivity index (χ4v) is 4.56. The molecule has 1 atom stereocenters. The zero-order valence-electron chi connectivity index (χ0n) is 17.9. The molecule has 0 aromatic carbocycles. The first-order valence-corrected chi connectivity index (χ1v) is 11.2. The van der Waals surface area contributed by atoms with Gasteiger partial charge in [-0.05, 0) is 32.6 Å². The predicted molar refractivity (Wildman–Crippen MR) is 110 cm³/mol. The van der Waals surface area contributed by atoms with Crippen molar-refractivity contribution in [1.29, 1.82) is 0 Å². The van der Waals surface area contributed by atoms with Crippen LogP contribution in [0.15, 0.2) is 11.3 Å². The van der Waals surface area contributed by atoms with E-state index in [-0.39, 0.29) is 30.2 Å². The van der Waals surface area contributed by atoms with E-state index in [1.165, 1.54) is 0 Å². The zero-order chi connectivity index (χ0) is 20.8. The maximum atomic E-state index is 13.2. The molecule has 3 aliphatic rings. The van der Waals surface area contributed by atoms with Gasteiger partial charge in [-0.15, -0.1) is 0 Å². The van der Waals surface area contributed by atoms with Crippen LogP contribution in [0.1, 0.15) is 65.2 Å². The first-order valence-electron chi connectivity index (χ1n) is 11.2. The molecule has 1 unspecified atom stereocenters. The fourth-order valence-electron chi connectivity index (χ4n) is 4.56. The van der Waals surface area contributed by atoms with Gasteiger partial charge in [0.15, 0.2) is 0 Å². The summed E-state index contributed by atoms with van der Waals surface area (Å²) in [5.74, 6) is -0.558. The molecule has 162 valence electrons. The summed E-state index contributed by atoms with van der Waals surface area (Å²) in [6.07, 6.45) is 6.70. The summed E-state index contributed by atoms with van der Waals surface area (Å²) in [6.45, 7) is 6.79. The third-order valence-corrected chi connectivity index (χ3v) is 6.35. The van der Waals surface area contributed by atoms with Crippen molar-refractivity contribution in [3.05, 3.63) is 11.3 Å². The van der Waals surface area contributed by atoms with Gasteiger partial charge in [0, 0.05) is 43.4 Å². The molecule has 0 aromatic heterocycles. The summed E-state index contributed by atoms with van der Waals surface area (Å²) in [5, 5.41) is 3.09. The van der Waals surface area contributed by atoms with Gasteiger partial charge < -0.3 is 19.9 Å². The smallest absolute Gasteiger partial charge is 0.251 e. The fraction of sp³-hybridized carbons (Fsp3) is 0.773. The van der Waals surface area contributed by atoms with Gasteiger partial charge in [0.05, 0.1) is 19.1 Å². The third-order valence-electron chi connectivity index (χ3n) is 6.35. The van der Waals surface area contributed by atoms with Gasteiger partial charge in [0.1, 0.15) is 0 Å². The monoisotopic (exact) mass is 405 g/mol. The molecule has 2 fully saturated rings. The number of morpholine rings is 1. The van der Waals surface area contributed by atoms with E-state index in [1.807, 2.05) is 11.8 Å². The highest BCUT2D eigenvalue weighted by Gasteiger charge is 2.37. The normalized spacial score (nSPS) is 23.7. The summed E-state index contributed by atoms with van der Waals surface area (Å²) < 4.78 is 5.36. The number of hydrogen-bond acceptors (Lipinski definition) is 4. The molecule has 1 saturated carbocycles. The number of ether oxygens (including phenoxy) is 1. The number of allylic oxidation sites excluding steroid dienone is 1. The maximum absolute atomic E-state index is 13.2. The average molecular weight is 406 g/mol. The lowest BCUT2D eigenvalue weighted by molar-refractivity contribution is -0.139. The van der Waals surface area contributed by atoms with Crippen molar-refractivity contribution in [3.63, 3.8) is 0 Å². The lowest BCUT2D eigenvalue weighted by atomic mass is 9.88. The van der Waals surface area contributed by atoms with Gasteiger partial charge in [-0.25, -0.2) is 0 Å². The molecule has 0 bridgehead atoms. The first kappa shape index (κ1) is 21.8. The summed E-state index contributed by atoms with van der Waals surface area (Å²) in [4.78, 5) is 42.4. The second-order valence-electron chi connectivity index (χ2n) is 8.47. The lowest BCUT2D eigenvalue weighted by Crippen LogP contribution is -2.47. The SMILES string of the molecule is CCCCN1C(=O)C(CC(=O)NC2CCCC2)CC(C(=O)N2CCOCC2)=C1C. The van der Waals surface area contributed by atoms with Crippen molar-refractivity contribution in [1.82, 2.24) is 15.1 Å². The molecule has 3 amide bonds. The van der Waals surface area contributed by atoms with E-state index in [0.29, 0.717) is 44.8 Å². The Morgan fingerprint density at radius 3 is 2.52 bits per heavy atom. The van der Waals surface area contributed by atoms with Gasteiger partial charge in [0.2, 0.25) is 11.8 Å². The van der Waals surface area contributed by atoms with Crippen LogP contribution in [-0.2, 0) is 19.1 Å². The molecule has 2 heterocycles. The molecule has 0 radical (unpaired) electrons. The van der Waals surface area contributed by atoms with Crippen LogP contribution >= 0.6 is 0 Å². The molecule has 2 aliphatic heterocycles. The van der Waals surface area contributed by atoms with E-state index in [2.05, 4.69) is 12.2 Å². The molecule has 1 saturated heterocycles. The van der Waals surface area contributed by atoms with Gasteiger partial charge in [0.25, 0.3) is 5.91 Å². The van der Waals surface area contributed by atoms with Gasteiger partial charge in [-0.3, -0.25) is 14.4 Å². The number of amides is 3. The van der Waals surface area contributed by atoms with Crippen LogP contribution in [-0.4, -0.2) is 66.4 Å². The van der Waals surface area contributed by atoms with Crippen LogP contribution in [0.3, 0.4) is 0 Å². The lowest BCUT2D eigenvalue weighted by Gasteiger charge is -2.37. The molecule has 3 rings (SSSR count). The first-order chi connectivity index (χ1) is 14.0. The zero-order valence-corrected chi connectivity index (χ0v) is 17.9. The molecular weight excluding hydrogens is 370 g/mol. The summed E-state index contributed by atoms with van der Waals surface area (Å²) >= 11 is 0. The second kappa shape index (κ2) is 10.2. The number of carbonyl (C=O) groups is 3. The molecule has 7 heteroatoms. The van der Waals surface area contributed by atoms with Crippen LogP contribution in [0.25, 0.3) is 0 Å². The van der Waals surface area contributed by atoms with E-state index < -0.39 is 5.92 Å². The Morgan fingerprint density at radius 2 is 1.86 bits per heavy atom. The number of rotatable bonds is 7. The summed E-state index contributed by atoms with van der Waals surface area (Å²) in [7, 11) is 0. The van der Waals surface area contributed by atoms with Crippen molar-refractivity contribution in [2.45, 2.75) is 71.3 Å². The molecule has 1 aliphatic carbocycles. The highest BCUT2D eigenvalue weighted by molar-refractivity contribution is 5.98. The van der Waals surface area contributed by atoms with Crippen molar-refractivity contribution in [3.8, 4) is 0 Å². The molecular formula is C22H35N3O4. The van der Waals surface area contributed by atoms with E-state index >= 15 is 0 Å². The quantitative estimate of drug-likeness (QED) is 0.704.